The zero-order chi connectivity index (χ0) is 15.6. The van der Waals surface area contributed by atoms with Crippen LogP contribution < -0.4 is 10.2 Å². The second-order valence-electron chi connectivity index (χ2n) is 5.40. The van der Waals surface area contributed by atoms with E-state index in [1.807, 2.05) is 0 Å². The first-order valence-corrected chi connectivity index (χ1v) is 7.00. The predicted molar refractivity (Wildman–Crippen MR) is 77.9 cm³/mol. The van der Waals surface area contributed by atoms with Gasteiger partial charge in [0.25, 0.3) is 0 Å². The molecule has 116 valence electrons. The molecule has 0 bridgehead atoms. The minimum absolute atomic E-state index is 0.00958. The molecule has 0 spiro atoms. The first kappa shape index (κ1) is 15.6. The highest BCUT2D eigenvalue weighted by atomic mass is 19.1. The van der Waals surface area contributed by atoms with Crippen LogP contribution in [-0.2, 0) is 4.74 Å². The van der Waals surface area contributed by atoms with Gasteiger partial charge in [0, 0.05) is 24.3 Å². The third kappa shape index (κ3) is 3.44. The third-order valence-electron chi connectivity index (χ3n) is 3.79. The lowest BCUT2D eigenvalue weighted by atomic mass is 10.0. The standard InChI is InChI=1S/C15H21FN2O3/c1-9-6-14(12(10(2)19)7-13(9)16)18-5-4-11(8-18)17-15(20)21-3/h6-7,10-11,19H,4-5,8H2,1-3H3,(H,17,20)/t10-,11?/m0/s1. The van der Waals surface area contributed by atoms with Gasteiger partial charge in [-0.1, -0.05) is 0 Å². The van der Waals surface area contributed by atoms with Gasteiger partial charge in [-0.3, -0.25) is 0 Å². The van der Waals surface area contributed by atoms with Crippen LogP contribution in [0.2, 0.25) is 0 Å². The van der Waals surface area contributed by atoms with Crippen molar-refractivity contribution in [1.29, 1.82) is 0 Å². The number of carbonyl (C=O) groups is 1. The van der Waals surface area contributed by atoms with Gasteiger partial charge in [-0.2, -0.15) is 0 Å². The van der Waals surface area contributed by atoms with Crippen LogP contribution in [0, 0.1) is 12.7 Å². The number of amides is 1. The summed E-state index contributed by atoms with van der Waals surface area (Å²) in [6.45, 7) is 4.66. The molecule has 0 radical (unpaired) electrons. The van der Waals surface area contributed by atoms with E-state index in [1.54, 1.807) is 19.9 Å². The lowest BCUT2D eigenvalue weighted by molar-refractivity contribution is 0.167. The van der Waals surface area contributed by atoms with Gasteiger partial charge >= 0.3 is 6.09 Å². The summed E-state index contributed by atoms with van der Waals surface area (Å²) in [4.78, 5) is 13.3. The number of hydrogen-bond acceptors (Lipinski definition) is 4. The van der Waals surface area contributed by atoms with Crippen LogP contribution in [0.15, 0.2) is 12.1 Å². The Balaban J connectivity index is 2.19. The fraction of sp³-hybridized carbons (Fsp3) is 0.533. The van der Waals surface area contributed by atoms with Crippen molar-refractivity contribution in [3.8, 4) is 0 Å². The van der Waals surface area contributed by atoms with Crippen molar-refractivity contribution < 1.29 is 19.0 Å². The van der Waals surface area contributed by atoms with Crippen molar-refractivity contribution in [2.75, 3.05) is 25.1 Å². The number of rotatable bonds is 3. The Morgan fingerprint density at radius 3 is 2.90 bits per heavy atom. The largest absolute Gasteiger partial charge is 0.453 e. The summed E-state index contributed by atoms with van der Waals surface area (Å²) in [7, 11) is 1.33. The number of halogens is 1. The summed E-state index contributed by atoms with van der Waals surface area (Å²) >= 11 is 0. The molecule has 0 saturated carbocycles. The minimum atomic E-state index is -0.747. The molecule has 1 aromatic carbocycles. The summed E-state index contributed by atoms with van der Waals surface area (Å²) < 4.78 is 18.3. The number of anilines is 1. The van der Waals surface area contributed by atoms with E-state index >= 15 is 0 Å². The molecule has 5 nitrogen and oxygen atoms in total. The van der Waals surface area contributed by atoms with Gasteiger partial charge in [0.2, 0.25) is 0 Å². The van der Waals surface area contributed by atoms with E-state index in [0.717, 1.165) is 18.7 Å². The molecule has 2 atom stereocenters. The van der Waals surface area contributed by atoms with Gasteiger partial charge in [0.05, 0.1) is 19.3 Å². The molecular formula is C15H21FN2O3. The summed E-state index contributed by atoms with van der Waals surface area (Å²) in [6.07, 6.45) is -0.416. The monoisotopic (exact) mass is 296 g/mol. The molecule has 2 rings (SSSR count). The number of alkyl carbamates (subject to hydrolysis) is 1. The van der Waals surface area contributed by atoms with Crippen LogP contribution in [0.3, 0.4) is 0 Å². The van der Waals surface area contributed by atoms with Crippen LogP contribution in [0.1, 0.15) is 30.6 Å². The Morgan fingerprint density at radius 1 is 1.57 bits per heavy atom. The zero-order valence-electron chi connectivity index (χ0n) is 12.5. The van der Waals surface area contributed by atoms with Crippen molar-refractivity contribution >= 4 is 11.8 Å². The molecule has 1 amide bonds. The van der Waals surface area contributed by atoms with Gasteiger partial charge in [0.1, 0.15) is 5.82 Å². The maximum atomic E-state index is 13.7. The number of aliphatic hydroxyl groups is 1. The molecule has 1 aliphatic heterocycles. The predicted octanol–water partition coefficient (Wildman–Crippen LogP) is 2.12. The number of aryl methyl sites for hydroxylation is 1. The molecule has 0 aromatic heterocycles. The summed E-state index contributed by atoms with van der Waals surface area (Å²) in [5, 5.41) is 12.6. The smallest absolute Gasteiger partial charge is 0.407 e. The number of nitrogens with one attached hydrogen (secondary N) is 1. The van der Waals surface area contributed by atoms with E-state index in [9.17, 15) is 14.3 Å². The Bertz CT molecular complexity index is 534. The Labute approximate surface area is 123 Å². The average Bonchev–Trinajstić information content (AvgIpc) is 2.89. The molecule has 1 aromatic rings. The second kappa shape index (κ2) is 6.30. The zero-order valence-corrected chi connectivity index (χ0v) is 12.5. The lowest BCUT2D eigenvalue weighted by Crippen LogP contribution is -2.37. The van der Waals surface area contributed by atoms with Gasteiger partial charge in [0.15, 0.2) is 0 Å². The molecule has 1 aliphatic rings. The Kier molecular flexibility index (Phi) is 4.67. The van der Waals surface area contributed by atoms with Gasteiger partial charge in [-0.05, 0) is 38.0 Å². The van der Waals surface area contributed by atoms with Gasteiger partial charge < -0.3 is 20.1 Å². The van der Waals surface area contributed by atoms with Gasteiger partial charge in [-0.25, -0.2) is 9.18 Å². The number of nitrogens with zero attached hydrogens (tertiary/aromatic N) is 1. The van der Waals surface area contributed by atoms with Crippen LogP contribution >= 0.6 is 0 Å². The molecular weight excluding hydrogens is 275 g/mol. The fourth-order valence-corrected chi connectivity index (χ4v) is 2.61. The number of benzene rings is 1. The van der Waals surface area contributed by atoms with E-state index in [1.165, 1.54) is 13.2 Å². The highest BCUT2D eigenvalue weighted by Crippen LogP contribution is 2.31. The molecule has 0 aliphatic carbocycles. The van der Waals surface area contributed by atoms with Crippen LogP contribution in [-0.4, -0.2) is 37.4 Å². The Morgan fingerprint density at radius 2 is 2.29 bits per heavy atom. The number of hydrogen-bond donors (Lipinski definition) is 2. The summed E-state index contributed by atoms with van der Waals surface area (Å²) in [5.74, 6) is -0.321. The fourth-order valence-electron chi connectivity index (χ4n) is 2.61. The second-order valence-corrected chi connectivity index (χ2v) is 5.40. The van der Waals surface area contributed by atoms with Crippen molar-refractivity contribution in [2.45, 2.75) is 32.4 Å². The maximum Gasteiger partial charge on any atom is 0.407 e. The average molecular weight is 296 g/mol. The quantitative estimate of drug-likeness (QED) is 0.897. The lowest BCUT2D eigenvalue weighted by Gasteiger charge is -2.24. The van der Waals surface area contributed by atoms with Crippen molar-refractivity contribution in [1.82, 2.24) is 5.32 Å². The normalized spacial score (nSPS) is 19.5. The van der Waals surface area contributed by atoms with E-state index < -0.39 is 12.2 Å². The molecule has 1 fully saturated rings. The van der Waals surface area contributed by atoms with Crippen molar-refractivity contribution in [3.05, 3.63) is 29.1 Å². The molecule has 1 unspecified atom stereocenters. The van der Waals surface area contributed by atoms with Gasteiger partial charge in [-0.15, -0.1) is 0 Å². The van der Waals surface area contributed by atoms with Crippen LogP contribution in [0.5, 0.6) is 0 Å². The topological polar surface area (TPSA) is 61.8 Å². The molecule has 1 saturated heterocycles. The number of aliphatic hydroxyl groups excluding tert-OH is 1. The van der Waals surface area contributed by atoms with E-state index in [4.69, 9.17) is 0 Å². The van der Waals surface area contributed by atoms with E-state index in [0.29, 0.717) is 17.7 Å². The number of ether oxygens (including phenoxy) is 1. The van der Waals surface area contributed by atoms with Crippen molar-refractivity contribution in [2.24, 2.45) is 0 Å². The Hall–Kier alpha value is -1.82. The highest BCUT2D eigenvalue weighted by Gasteiger charge is 2.27. The van der Waals surface area contributed by atoms with E-state index in [-0.39, 0.29) is 11.9 Å². The first-order valence-electron chi connectivity index (χ1n) is 7.00. The molecule has 6 heteroatoms. The minimum Gasteiger partial charge on any atom is -0.453 e. The van der Waals surface area contributed by atoms with E-state index in [2.05, 4.69) is 15.0 Å². The summed E-state index contributed by atoms with van der Waals surface area (Å²) in [5.41, 5.74) is 1.92. The third-order valence-corrected chi connectivity index (χ3v) is 3.79. The number of methoxy groups -OCH3 is 1. The maximum absolute atomic E-state index is 13.7. The van der Waals surface area contributed by atoms with Crippen LogP contribution in [0.25, 0.3) is 0 Å². The highest BCUT2D eigenvalue weighted by molar-refractivity contribution is 5.68. The molecule has 2 N–H and O–H groups in total. The SMILES string of the molecule is COC(=O)NC1CCN(c2cc(C)c(F)cc2[C@H](C)O)C1. The van der Waals surface area contributed by atoms with Crippen molar-refractivity contribution in [3.63, 3.8) is 0 Å². The van der Waals surface area contributed by atoms with Crippen LogP contribution in [0.4, 0.5) is 14.9 Å². The first-order chi connectivity index (χ1) is 9.92. The molecule has 21 heavy (non-hydrogen) atoms. The summed E-state index contributed by atoms with van der Waals surface area (Å²) in [6, 6.07) is 3.12. The number of carbonyl (C=O) groups excluding carboxylic acids is 1. The molecule has 1 heterocycles.